The van der Waals surface area contributed by atoms with Gasteiger partial charge in [0.2, 0.25) is 11.8 Å². The summed E-state index contributed by atoms with van der Waals surface area (Å²) in [6, 6.07) is 15.0. The highest BCUT2D eigenvalue weighted by molar-refractivity contribution is 5.92. The summed E-state index contributed by atoms with van der Waals surface area (Å²) in [5.74, 6) is -0.954. The Labute approximate surface area is 165 Å². The predicted molar refractivity (Wildman–Crippen MR) is 108 cm³/mol. The number of carbonyl (C=O) groups is 3. The van der Waals surface area contributed by atoms with E-state index in [1.165, 1.54) is 5.56 Å². The second kappa shape index (κ2) is 10.3. The number of anilines is 1. The second-order valence-electron chi connectivity index (χ2n) is 7.18. The van der Waals surface area contributed by atoms with Crippen LogP contribution in [0.2, 0.25) is 0 Å². The number of nitrogens with one attached hydrogen (secondary N) is 2. The van der Waals surface area contributed by atoms with E-state index in [1.54, 1.807) is 24.3 Å². The molecule has 0 fully saturated rings. The van der Waals surface area contributed by atoms with Gasteiger partial charge in [-0.25, -0.2) is 0 Å². The Hall–Kier alpha value is -3.15. The van der Waals surface area contributed by atoms with Crippen LogP contribution in [0.4, 0.5) is 5.69 Å². The number of hydrogen-bond acceptors (Lipinski definition) is 3. The molecule has 3 N–H and O–H groups in total. The Morgan fingerprint density at radius 3 is 1.86 bits per heavy atom. The van der Waals surface area contributed by atoms with E-state index in [-0.39, 0.29) is 18.2 Å². The van der Waals surface area contributed by atoms with E-state index in [2.05, 4.69) is 36.6 Å². The lowest BCUT2D eigenvalue weighted by molar-refractivity contribution is -0.137. The van der Waals surface area contributed by atoms with E-state index < -0.39 is 12.5 Å². The molecule has 0 saturated heterocycles. The molecule has 2 amide bonds. The summed E-state index contributed by atoms with van der Waals surface area (Å²) >= 11 is 0. The van der Waals surface area contributed by atoms with E-state index in [1.807, 2.05) is 12.1 Å². The van der Waals surface area contributed by atoms with Gasteiger partial charge in [-0.1, -0.05) is 50.2 Å². The van der Waals surface area contributed by atoms with Gasteiger partial charge in [-0.05, 0) is 41.2 Å². The number of carboxylic acids is 1. The van der Waals surface area contributed by atoms with Gasteiger partial charge in [-0.15, -0.1) is 0 Å². The van der Waals surface area contributed by atoms with Crippen LogP contribution >= 0.6 is 0 Å². The van der Waals surface area contributed by atoms with Gasteiger partial charge in [0, 0.05) is 5.69 Å². The van der Waals surface area contributed by atoms with Gasteiger partial charge in [0.05, 0.1) is 12.8 Å². The maximum atomic E-state index is 12.2. The van der Waals surface area contributed by atoms with Crippen molar-refractivity contribution >= 4 is 23.5 Å². The van der Waals surface area contributed by atoms with E-state index in [0.29, 0.717) is 18.0 Å². The fourth-order valence-corrected chi connectivity index (χ4v) is 2.78. The molecule has 2 rings (SSSR count). The highest BCUT2D eigenvalue weighted by Gasteiger charge is 2.07. The topological polar surface area (TPSA) is 95.5 Å². The molecule has 0 heterocycles. The number of benzene rings is 2. The molecule has 0 aromatic heterocycles. The highest BCUT2D eigenvalue weighted by Crippen LogP contribution is 2.13. The van der Waals surface area contributed by atoms with Crippen molar-refractivity contribution in [2.45, 2.75) is 33.1 Å². The first kappa shape index (κ1) is 21.2. The summed E-state index contributed by atoms with van der Waals surface area (Å²) in [5, 5.41) is 13.7. The maximum absolute atomic E-state index is 12.2. The summed E-state index contributed by atoms with van der Waals surface area (Å²) in [5.41, 5.74) is 3.61. The zero-order valence-electron chi connectivity index (χ0n) is 16.2. The molecule has 0 atom stereocenters. The zero-order chi connectivity index (χ0) is 20.5. The van der Waals surface area contributed by atoms with Crippen LogP contribution in [0.15, 0.2) is 48.5 Å². The summed E-state index contributed by atoms with van der Waals surface area (Å²) < 4.78 is 0. The van der Waals surface area contributed by atoms with Crippen LogP contribution < -0.4 is 10.6 Å². The lowest BCUT2D eigenvalue weighted by atomic mass is 10.0. The van der Waals surface area contributed by atoms with Crippen LogP contribution in [0.25, 0.3) is 0 Å². The number of carbonyl (C=O) groups excluding carboxylic acids is 2. The van der Waals surface area contributed by atoms with Crippen molar-refractivity contribution in [3.05, 3.63) is 65.2 Å². The summed E-state index contributed by atoms with van der Waals surface area (Å²) in [4.78, 5) is 34.3. The van der Waals surface area contributed by atoms with E-state index in [9.17, 15) is 14.4 Å². The molecule has 0 spiro atoms. The predicted octanol–water partition coefficient (Wildman–Crippen LogP) is 2.81. The minimum Gasteiger partial charge on any atom is -0.480 e. The SMILES string of the molecule is CC(C)Cc1ccc(CC(=O)Nc2ccc(CC(=O)NCC(=O)O)cc2)cc1. The van der Waals surface area contributed by atoms with Crippen molar-refractivity contribution in [3.63, 3.8) is 0 Å². The molecule has 0 aliphatic heterocycles. The fraction of sp³-hybridized carbons (Fsp3) is 0.318. The molecule has 6 heteroatoms. The molecular weight excluding hydrogens is 356 g/mol. The summed E-state index contributed by atoms with van der Waals surface area (Å²) in [7, 11) is 0. The van der Waals surface area contributed by atoms with Crippen LogP contribution in [0, 0.1) is 5.92 Å². The second-order valence-corrected chi connectivity index (χ2v) is 7.18. The van der Waals surface area contributed by atoms with Crippen LogP contribution in [0.1, 0.15) is 30.5 Å². The van der Waals surface area contributed by atoms with Gasteiger partial charge in [-0.3, -0.25) is 14.4 Å². The van der Waals surface area contributed by atoms with Crippen molar-refractivity contribution in [1.82, 2.24) is 5.32 Å². The molecule has 0 radical (unpaired) electrons. The minimum atomic E-state index is -1.08. The molecule has 0 aliphatic rings. The molecule has 2 aromatic rings. The van der Waals surface area contributed by atoms with Gasteiger partial charge >= 0.3 is 5.97 Å². The number of amides is 2. The zero-order valence-corrected chi connectivity index (χ0v) is 16.2. The molecule has 0 saturated carbocycles. The van der Waals surface area contributed by atoms with Crippen LogP contribution in [-0.2, 0) is 33.6 Å². The Bertz CT molecular complexity index is 811. The first-order chi connectivity index (χ1) is 13.3. The number of rotatable bonds is 9. The fourth-order valence-electron chi connectivity index (χ4n) is 2.78. The Kier molecular flexibility index (Phi) is 7.75. The lowest BCUT2D eigenvalue weighted by Crippen LogP contribution is -2.30. The third kappa shape index (κ3) is 7.61. The van der Waals surface area contributed by atoms with E-state index in [4.69, 9.17) is 5.11 Å². The molecular formula is C22H26N2O4. The van der Waals surface area contributed by atoms with Crippen LogP contribution in [0.5, 0.6) is 0 Å². The molecule has 0 aliphatic carbocycles. The Morgan fingerprint density at radius 2 is 1.32 bits per heavy atom. The van der Waals surface area contributed by atoms with Gasteiger partial charge < -0.3 is 15.7 Å². The third-order valence-corrected chi connectivity index (χ3v) is 4.07. The quantitative estimate of drug-likeness (QED) is 0.621. The summed E-state index contributed by atoms with van der Waals surface area (Å²) in [6.45, 7) is 3.95. The lowest BCUT2D eigenvalue weighted by Gasteiger charge is -2.08. The van der Waals surface area contributed by atoms with Crippen molar-refractivity contribution in [3.8, 4) is 0 Å². The Morgan fingerprint density at radius 1 is 0.821 bits per heavy atom. The standard InChI is InChI=1S/C22H26N2O4/c1-15(2)11-16-3-5-17(6-4-16)13-21(26)24-19-9-7-18(8-10-19)12-20(25)23-14-22(27)28/h3-10,15H,11-14H2,1-2H3,(H,23,25)(H,24,26)(H,27,28). The minimum absolute atomic E-state index is 0.0875. The molecule has 2 aromatic carbocycles. The number of aliphatic carboxylic acids is 1. The smallest absolute Gasteiger partial charge is 0.322 e. The molecule has 6 nitrogen and oxygen atoms in total. The molecule has 28 heavy (non-hydrogen) atoms. The first-order valence-electron chi connectivity index (χ1n) is 9.27. The van der Waals surface area contributed by atoms with Gasteiger partial charge in [0.15, 0.2) is 0 Å². The number of carboxylic acid groups (broad SMARTS) is 1. The largest absolute Gasteiger partial charge is 0.480 e. The molecule has 148 valence electrons. The summed E-state index contributed by atoms with van der Waals surface area (Å²) in [6.07, 6.45) is 1.40. The number of hydrogen-bond donors (Lipinski definition) is 3. The average Bonchev–Trinajstić information content (AvgIpc) is 2.63. The van der Waals surface area contributed by atoms with Gasteiger partial charge in [-0.2, -0.15) is 0 Å². The molecule has 0 unspecified atom stereocenters. The average molecular weight is 382 g/mol. The monoisotopic (exact) mass is 382 g/mol. The normalized spacial score (nSPS) is 10.5. The van der Waals surface area contributed by atoms with Crippen LogP contribution in [0.3, 0.4) is 0 Å². The van der Waals surface area contributed by atoms with E-state index in [0.717, 1.165) is 17.5 Å². The van der Waals surface area contributed by atoms with E-state index >= 15 is 0 Å². The van der Waals surface area contributed by atoms with Gasteiger partial charge in [0.1, 0.15) is 6.54 Å². The third-order valence-electron chi connectivity index (χ3n) is 4.07. The van der Waals surface area contributed by atoms with Crippen molar-refractivity contribution < 1.29 is 19.5 Å². The van der Waals surface area contributed by atoms with Crippen molar-refractivity contribution in [2.75, 3.05) is 11.9 Å². The van der Waals surface area contributed by atoms with Crippen molar-refractivity contribution in [1.29, 1.82) is 0 Å². The van der Waals surface area contributed by atoms with Gasteiger partial charge in [0.25, 0.3) is 0 Å². The highest BCUT2D eigenvalue weighted by atomic mass is 16.4. The maximum Gasteiger partial charge on any atom is 0.322 e. The first-order valence-corrected chi connectivity index (χ1v) is 9.27. The Balaban J connectivity index is 1.83. The molecule has 0 bridgehead atoms. The van der Waals surface area contributed by atoms with Crippen molar-refractivity contribution in [2.24, 2.45) is 5.92 Å². The van der Waals surface area contributed by atoms with Crippen LogP contribution in [-0.4, -0.2) is 29.4 Å².